The van der Waals surface area contributed by atoms with Crippen LogP contribution in [0.3, 0.4) is 0 Å². The lowest BCUT2D eigenvalue weighted by atomic mass is 10.2. The van der Waals surface area contributed by atoms with E-state index >= 15 is 0 Å². The molecule has 2 heterocycles. The van der Waals surface area contributed by atoms with Crippen molar-refractivity contribution in [1.29, 1.82) is 0 Å². The van der Waals surface area contributed by atoms with E-state index in [4.69, 9.17) is 0 Å². The molecule has 1 amide bonds. The van der Waals surface area contributed by atoms with Gasteiger partial charge in [-0.05, 0) is 25.2 Å². The maximum atomic E-state index is 13.9. The molecule has 1 saturated heterocycles. The quantitative estimate of drug-likeness (QED) is 0.902. The van der Waals surface area contributed by atoms with E-state index in [1.54, 1.807) is 24.5 Å². The number of benzene rings is 1. The summed E-state index contributed by atoms with van der Waals surface area (Å²) >= 11 is 1.64. The fraction of sp³-hybridized carbons (Fsp3) is 0.389. The summed E-state index contributed by atoms with van der Waals surface area (Å²) in [6.45, 7) is 4.55. The van der Waals surface area contributed by atoms with Gasteiger partial charge in [0.15, 0.2) is 0 Å². The molecule has 24 heavy (non-hydrogen) atoms. The molecule has 0 spiro atoms. The predicted octanol–water partition coefficient (Wildman–Crippen LogP) is 2.42. The first-order valence-corrected chi connectivity index (χ1v) is 8.97. The molecule has 0 unspecified atom stereocenters. The van der Waals surface area contributed by atoms with Crippen molar-refractivity contribution in [2.45, 2.75) is 6.54 Å². The number of likely N-dealkylation sites (N-methyl/N-ethyl adjacent to an activating group) is 1. The first kappa shape index (κ1) is 17.1. The van der Waals surface area contributed by atoms with Gasteiger partial charge in [-0.2, -0.15) is 0 Å². The SMILES string of the molecule is CNCC(=O)N1CCN(Cc2ccc(-c3ccccc3F)s2)CC1. The van der Waals surface area contributed by atoms with E-state index in [1.165, 1.54) is 10.9 Å². The van der Waals surface area contributed by atoms with Gasteiger partial charge in [-0.1, -0.05) is 18.2 Å². The Morgan fingerprint density at radius 3 is 2.62 bits per heavy atom. The van der Waals surface area contributed by atoms with Crippen LogP contribution in [-0.4, -0.2) is 55.5 Å². The van der Waals surface area contributed by atoms with Gasteiger partial charge in [0.05, 0.1) is 6.54 Å². The highest BCUT2D eigenvalue weighted by Gasteiger charge is 2.21. The number of amides is 1. The second-order valence-electron chi connectivity index (χ2n) is 5.93. The van der Waals surface area contributed by atoms with Crippen LogP contribution in [0.15, 0.2) is 36.4 Å². The molecule has 0 bridgehead atoms. The monoisotopic (exact) mass is 347 g/mol. The number of hydrogen-bond acceptors (Lipinski definition) is 4. The molecule has 0 radical (unpaired) electrons. The minimum absolute atomic E-state index is 0.162. The summed E-state index contributed by atoms with van der Waals surface area (Å²) in [5.41, 5.74) is 0.663. The van der Waals surface area contributed by atoms with Crippen molar-refractivity contribution in [3.8, 4) is 10.4 Å². The smallest absolute Gasteiger partial charge is 0.236 e. The highest BCUT2D eigenvalue weighted by Crippen LogP contribution is 2.30. The maximum Gasteiger partial charge on any atom is 0.236 e. The Morgan fingerprint density at radius 2 is 1.92 bits per heavy atom. The first-order valence-electron chi connectivity index (χ1n) is 8.15. The minimum Gasteiger partial charge on any atom is -0.339 e. The molecule has 0 saturated carbocycles. The molecule has 128 valence electrons. The lowest BCUT2D eigenvalue weighted by Gasteiger charge is -2.34. The predicted molar refractivity (Wildman–Crippen MR) is 95.5 cm³/mol. The summed E-state index contributed by atoms with van der Waals surface area (Å²) in [5, 5.41) is 2.90. The summed E-state index contributed by atoms with van der Waals surface area (Å²) < 4.78 is 13.9. The third-order valence-electron chi connectivity index (χ3n) is 4.23. The van der Waals surface area contributed by atoms with Crippen molar-refractivity contribution >= 4 is 17.2 Å². The van der Waals surface area contributed by atoms with Crippen LogP contribution < -0.4 is 5.32 Å². The normalized spacial score (nSPS) is 15.7. The molecule has 1 N–H and O–H groups in total. The van der Waals surface area contributed by atoms with Gasteiger partial charge in [0.25, 0.3) is 0 Å². The van der Waals surface area contributed by atoms with Crippen LogP contribution in [0.4, 0.5) is 4.39 Å². The number of thiophene rings is 1. The molecule has 0 aliphatic carbocycles. The molecule has 1 aliphatic rings. The molecule has 3 rings (SSSR count). The van der Waals surface area contributed by atoms with E-state index < -0.39 is 0 Å². The second kappa shape index (κ2) is 7.88. The lowest BCUT2D eigenvalue weighted by Crippen LogP contribution is -2.50. The average molecular weight is 347 g/mol. The molecule has 2 aromatic rings. The zero-order valence-electron chi connectivity index (χ0n) is 13.8. The first-order chi connectivity index (χ1) is 11.7. The molecular weight excluding hydrogens is 325 g/mol. The average Bonchev–Trinajstić information content (AvgIpc) is 3.04. The third-order valence-corrected chi connectivity index (χ3v) is 5.34. The molecule has 1 fully saturated rings. The van der Waals surface area contributed by atoms with Gasteiger partial charge >= 0.3 is 0 Å². The molecular formula is C18H22FN3OS. The van der Waals surface area contributed by atoms with Gasteiger partial charge < -0.3 is 10.2 Å². The molecule has 6 heteroatoms. The van der Waals surface area contributed by atoms with Gasteiger partial charge in [0, 0.05) is 48.0 Å². The van der Waals surface area contributed by atoms with Crippen molar-refractivity contribution in [1.82, 2.24) is 15.1 Å². The maximum absolute atomic E-state index is 13.9. The molecule has 1 aromatic heterocycles. The fourth-order valence-corrected chi connectivity index (χ4v) is 3.98. The van der Waals surface area contributed by atoms with Crippen LogP contribution in [0.5, 0.6) is 0 Å². The van der Waals surface area contributed by atoms with Crippen LogP contribution in [0.25, 0.3) is 10.4 Å². The third kappa shape index (κ3) is 4.01. The molecule has 4 nitrogen and oxygen atoms in total. The lowest BCUT2D eigenvalue weighted by molar-refractivity contribution is -0.131. The summed E-state index contributed by atoms with van der Waals surface area (Å²) in [5.74, 6) is -0.0160. The molecule has 0 atom stereocenters. The Labute approximate surface area is 145 Å². The molecule has 1 aliphatic heterocycles. The van der Waals surface area contributed by atoms with E-state index in [0.29, 0.717) is 12.1 Å². The molecule has 1 aromatic carbocycles. The number of nitrogens with zero attached hydrogens (tertiary/aromatic N) is 2. The topological polar surface area (TPSA) is 35.6 Å². The number of piperazine rings is 1. The van der Waals surface area contributed by atoms with Gasteiger partial charge in [0.2, 0.25) is 5.91 Å². The van der Waals surface area contributed by atoms with Crippen LogP contribution in [0, 0.1) is 5.82 Å². The van der Waals surface area contributed by atoms with E-state index in [1.807, 2.05) is 23.1 Å². The largest absolute Gasteiger partial charge is 0.339 e. The highest BCUT2D eigenvalue weighted by atomic mass is 32.1. The Balaban J connectivity index is 1.57. The second-order valence-corrected chi connectivity index (χ2v) is 7.10. The highest BCUT2D eigenvalue weighted by molar-refractivity contribution is 7.15. The van der Waals surface area contributed by atoms with Gasteiger partial charge in [-0.25, -0.2) is 4.39 Å². The Morgan fingerprint density at radius 1 is 1.17 bits per heavy atom. The summed E-state index contributed by atoms with van der Waals surface area (Å²) in [6.07, 6.45) is 0. The van der Waals surface area contributed by atoms with Crippen molar-refractivity contribution < 1.29 is 9.18 Å². The van der Waals surface area contributed by atoms with E-state index in [0.717, 1.165) is 37.6 Å². The number of halogens is 1. The standard InChI is InChI=1S/C18H22FN3OS/c1-20-12-18(23)22-10-8-21(9-11-22)13-14-6-7-17(24-14)15-4-2-3-5-16(15)19/h2-7,20H,8-13H2,1H3. The van der Waals surface area contributed by atoms with Crippen molar-refractivity contribution in [2.75, 3.05) is 39.8 Å². The summed E-state index contributed by atoms with van der Waals surface area (Å²) in [6, 6.07) is 10.9. The van der Waals surface area contributed by atoms with Crippen LogP contribution >= 0.6 is 11.3 Å². The number of nitrogens with one attached hydrogen (secondary N) is 1. The van der Waals surface area contributed by atoms with Gasteiger partial charge in [0.1, 0.15) is 5.82 Å². The number of carbonyl (C=O) groups excluding carboxylic acids is 1. The minimum atomic E-state index is -0.178. The van der Waals surface area contributed by atoms with Crippen molar-refractivity contribution in [2.24, 2.45) is 0 Å². The van der Waals surface area contributed by atoms with E-state index in [-0.39, 0.29) is 11.7 Å². The zero-order valence-corrected chi connectivity index (χ0v) is 14.6. The summed E-state index contributed by atoms with van der Waals surface area (Å²) in [7, 11) is 1.79. The van der Waals surface area contributed by atoms with E-state index in [9.17, 15) is 9.18 Å². The number of rotatable bonds is 5. The summed E-state index contributed by atoms with van der Waals surface area (Å²) in [4.78, 5) is 18.3. The Hall–Kier alpha value is -1.76. The zero-order chi connectivity index (χ0) is 16.9. The van der Waals surface area contributed by atoms with Crippen molar-refractivity contribution in [3.05, 3.63) is 47.1 Å². The number of hydrogen-bond donors (Lipinski definition) is 1. The number of carbonyl (C=O) groups is 1. The van der Waals surface area contributed by atoms with Crippen LogP contribution in [-0.2, 0) is 11.3 Å². The van der Waals surface area contributed by atoms with Gasteiger partial charge in [-0.3, -0.25) is 9.69 Å². The van der Waals surface area contributed by atoms with Crippen LogP contribution in [0.1, 0.15) is 4.88 Å². The van der Waals surface area contributed by atoms with E-state index in [2.05, 4.69) is 16.3 Å². The van der Waals surface area contributed by atoms with Gasteiger partial charge in [-0.15, -0.1) is 11.3 Å². The van der Waals surface area contributed by atoms with Crippen molar-refractivity contribution in [3.63, 3.8) is 0 Å². The fourth-order valence-electron chi connectivity index (χ4n) is 2.91. The Kier molecular flexibility index (Phi) is 5.60. The van der Waals surface area contributed by atoms with Crippen LogP contribution in [0.2, 0.25) is 0 Å². The Bertz CT molecular complexity index is 695.